The summed E-state index contributed by atoms with van der Waals surface area (Å²) < 4.78 is 0. The topological polar surface area (TPSA) is 45.2 Å². The molecule has 3 rings (SSSR count). The zero-order valence-corrected chi connectivity index (χ0v) is 11.7. The van der Waals surface area contributed by atoms with Gasteiger partial charge in [0.05, 0.1) is 6.20 Å². The van der Waals surface area contributed by atoms with Crippen LogP contribution in [0.5, 0.6) is 0 Å². The number of aryl methyl sites for hydroxylation is 1. The van der Waals surface area contributed by atoms with Crippen LogP contribution in [0.4, 0.5) is 11.5 Å². The maximum Gasteiger partial charge on any atom is 0.147 e. The summed E-state index contributed by atoms with van der Waals surface area (Å²) in [5.41, 5.74) is 2.53. The van der Waals surface area contributed by atoms with E-state index in [-0.39, 0.29) is 0 Å². The van der Waals surface area contributed by atoms with Crippen LogP contribution < -0.4 is 9.80 Å². The summed E-state index contributed by atoms with van der Waals surface area (Å²) in [6.45, 7) is 6.19. The summed E-state index contributed by atoms with van der Waals surface area (Å²) in [5, 5.41) is 0. The Labute approximate surface area is 119 Å². The maximum atomic E-state index is 4.39. The minimum Gasteiger partial charge on any atom is -0.369 e. The van der Waals surface area contributed by atoms with E-state index in [0.717, 1.165) is 38.4 Å². The number of anilines is 2. The van der Waals surface area contributed by atoms with Crippen LogP contribution in [0.3, 0.4) is 0 Å². The lowest BCUT2D eigenvalue weighted by Gasteiger charge is -2.25. The van der Waals surface area contributed by atoms with Gasteiger partial charge in [-0.25, -0.2) is 4.98 Å². The molecule has 1 saturated heterocycles. The second-order valence-electron chi connectivity index (χ2n) is 5.05. The van der Waals surface area contributed by atoms with Crippen LogP contribution in [0, 0.1) is 6.92 Å². The fraction of sp³-hybridized carbons (Fsp3) is 0.400. The highest BCUT2D eigenvalue weighted by Gasteiger charge is 2.17. The van der Waals surface area contributed by atoms with Crippen molar-refractivity contribution in [3.8, 4) is 0 Å². The quantitative estimate of drug-likeness (QED) is 0.833. The highest BCUT2D eigenvalue weighted by atomic mass is 15.3. The molecule has 104 valence electrons. The number of nitrogens with zero attached hydrogens (tertiary/aromatic N) is 5. The molecule has 2 aromatic heterocycles. The van der Waals surface area contributed by atoms with Crippen LogP contribution in [0.15, 0.2) is 37.1 Å². The van der Waals surface area contributed by atoms with E-state index in [1.165, 1.54) is 11.3 Å². The van der Waals surface area contributed by atoms with E-state index in [1.807, 2.05) is 18.6 Å². The molecular weight excluding hydrogens is 250 g/mol. The normalized spacial score (nSPS) is 16.1. The largest absolute Gasteiger partial charge is 0.369 e. The average Bonchev–Trinajstić information content (AvgIpc) is 2.75. The fourth-order valence-corrected chi connectivity index (χ4v) is 2.66. The van der Waals surface area contributed by atoms with Crippen molar-refractivity contribution in [2.75, 3.05) is 36.0 Å². The number of rotatable bonds is 2. The lowest BCUT2D eigenvalue weighted by atomic mass is 10.2. The Morgan fingerprint density at radius 1 is 0.900 bits per heavy atom. The number of aromatic nitrogens is 3. The summed E-state index contributed by atoms with van der Waals surface area (Å²) in [4.78, 5) is 17.5. The Balaban J connectivity index is 1.73. The summed E-state index contributed by atoms with van der Waals surface area (Å²) in [6, 6.07) is 2.10. The Kier molecular flexibility index (Phi) is 3.76. The van der Waals surface area contributed by atoms with E-state index in [4.69, 9.17) is 0 Å². The van der Waals surface area contributed by atoms with Crippen LogP contribution in [0.1, 0.15) is 12.0 Å². The lowest BCUT2D eigenvalue weighted by molar-refractivity contribution is 0.794. The molecule has 2 aromatic rings. The average molecular weight is 269 g/mol. The Bertz CT molecular complexity index is 557. The first-order chi connectivity index (χ1) is 9.84. The standard InChI is InChI=1S/C15H19N5/c1-13-11-16-4-3-14(13)19-7-2-8-20(10-9-19)15-12-17-5-6-18-15/h3-6,11-12H,2,7-10H2,1H3. The lowest BCUT2D eigenvalue weighted by Crippen LogP contribution is -2.31. The molecular formula is C15H19N5. The van der Waals surface area contributed by atoms with E-state index >= 15 is 0 Å². The first-order valence-corrected chi connectivity index (χ1v) is 7.01. The van der Waals surface area contributed by atoms with Gasteiger partial charge in [0.2, 0.25) is 0 Å². The van der Waals surface area contributed by atoms with Crippen molar-refractivity contribution in [2.24, 2.45) is 0 Å². The number of hydrogen-bond acceptors (Lipinski definition) is 5. The molecule has 5 nitrogen and oxygen atoms in total. The van der Waals surface area contributed by atoms with Crippen molar-refractivity contribution in [1.29, 1.82) is 0 Å². The molecule has 5 heteroatoms. The van der Waals surface area contributed by atoms with Crippen LogP contribution in [-0.2, 0) is 0 Å². The summed E-state index contributed by atoms with van der Waals surface area (Å²) >= 11 is 0. The fourth-order valence-electron chi connectivity index (χ4n) is 2.66. The van der Waals surface area contributed by atoms with Crippen molar-refractivity contribution >= 4 is 11.5 Å². The van der Waals surface area contributed by atoms with E-state index in [1.54, 1.807) is 12.4 Å². The third-order valence-corrected chi connectivity index (χ3v) is 3.70. The van der Waals surface area contributed by atoms with Gasteiger partial charge in [-0.15, -0.1) is 0 Å². The van der Waals surface area contributed by atoms with Crippen molar-refractivity contribution < 1.29 is 0 Å². The molecule has 0 saturated carbocycles. The SMILES string of the molecule is Cc1cnccc1N1CCCN(c2cnccn2)CC1. The first kappa shape index (κ1) is 12.8. The van der Waals surface area contributed by atoms with Crippen molar-refractivity contribution in [3.05, 3.63) is 42.6 Å². The highest BCUT2D eigenvalue weighted by Crippen LogP contribution is 2.21. The molecule has 0 bridgehead atoms. The molecule has 0 unspecified atom stereocenters. The van der Waals surface area contributed by atoms with E-state index in [9.17, 15) is 0 Å². The van der Waals surface area contributed by atoms with Gasteiger partial charge in [-0.3, -0.25) is 9.97 Å². The highest BCUT2D eigenvalue weighted by molar-refractivity contribution is 5.52. The molecule has 0 aromatic carbocycles. The van der Waals surface area contributed by atoms with Crippen LogP contribution >= 0.6 is 0 Å². The minimum atomic E-state index is 0.973. The molecule has 1 aliphatic rings. The smallest absolute Gasteiger partial charge is 0.147 e. The minimum absolute atomic E-state index is 0.973. The summed E-state index contributed by atoms with van der Waals surface area (Å²) in [7, 11) is 0. The Hall–Kier alpha value is -2.17. The van der Waals surface area contributed by atoms with Crippen molar-refractivity contribution in [1.82, 2.24) is 15.0 Å². The van der Waals surface area contributed by atoms with Gasteiger partial charge in [0, 0.05) is 56.7 Å². The van der Waals surface area contributed by atoms with Crippen molar-refractivity contribution in [3.63, 3.8) is 0 Å². The molecule has 0 N–H and O–H groups in total. The number of pyridine rings is 1. The molecule has 20 heavy (non-hydrogen) atoms. The Morgan fingerprint density at radius 2 is 1.70 bits per heavy atom. The third kappa shape index (κ3) is 2.71. The monoisotopic (exact) mass is 269 g/mol. The van der Waals surface area contributed by atoms with E-state index in [0.29, 0.717) is 0 Å². The second kappa shape index (κ2) is 5.86. The predicted octanol–water partition coefficient (Wildman–Crippen LogP) is 1.90. The second-order valence-corrected chi connectivity index (χ2v) is 5.05. The molecule has 0 amide bonds. The molecule has 1 fully saturated rings. The van der Waals surface area contributed by atoms with Crippen LogP contribution in [0.2, 0.25) is 0 Å². The van der Waals surface area contributed by atoms with Gasteiger partial charge in [-0.1, -0.05) is 0 Å². The molecule has 0 radical (unpaired) electrons. The van der Waals surface area contributed by atoms with Gasteiger partial charge in [0.25, 0.3) is 0 Å². The molecule has 0 atom stereocenters. The summed E-state index contributed by atoms with van der Waals surface area (Å²) in [5.74, 6) is 0.973. The van der Waals surface area contributed by atoms with E-state index < -0.39 is 0 Å². The maximum absolute atomic E-state index is 4.39. The Morgan fingerprint density at radius 3 is 2.50 bits per heavy atom. The van der Waals surface area contributed by atoms with Gasteiger partial charge in [0.15, 0.2) is 0 Å². The van der Waals surface area contributed by atoms with Gasteiger partial charge in [-0.05, 0) is 25.0 Å². The van der Waals surface area contributed by atoms with Gasteiger partial charge >= 0.3 is 0 Å². The van der Waals surface area contributed by atoms with Crippen LogP contribution in [-0.4, -0.2) is 41.1 Å². The molecule has 0 aliphatic carbocycles. The van der Waals surface area contributed by atoms with Gasteiger partial charge in [-0.2, -0.15) is 0 Å². The summed E-state index contributed by atoms with van der Waals surface area (Å²) in [6.07, 6.45) is 10.2. The van der Waals surface area contributed by atoms with Gasteiger partial charge in [0.1, 0.15) is 5.82 Å². The zero-order chi connectivity index (χ0) is 13.8. The number of hydrogen-bond donors (Lipinski definition) is 0. The molecule has 0 spiro atoms. The third-order valence-electron chi connectivity index (χ3n) is 3.70. The predicted molar refractivity (Wildman–Crippen MR) is 80.0 cm³/mol. The molecule has 3 heterocycles. The molecule has 1 aliphatic heterocycles. The van der Waals surface area contributed by atoms with Crippen molar-refractivity contribution in [2.45, 2.75) is 13.3 Å². The van der Waals surface area contributed by atoms with E-state index in [2.05, 4.69) is 37.7 Å². The first-order valence-electron chi connectivity index (χ1n) is 7.01. The zero-order valence-electron chi connectivity index (χ0n) is 11.7. The van der Waals surface area contributed by atoms with Gasteiger partial charge < -0.3 is 9.80 Å². The van der Waals surface area contributed by atoms with Crippen LogP contribution in [0.25, 0.3) is 0 Å².